The van der Waals surface area contributed by atoms with Crippen molar-refractivity contribution in [1.29, 1.82) is 10.5 Å². The molecule has 32 heavy (non-hydrogen) atoms. The van der Waals surface area contributed by atoms with Crippen LogP contribution >= 0.6 is 11.6 Å². The van der Waals surface area contributed by atoms with E-state index in [0.29, 0.717) is 22.2 Å². The van der Waals surface area contributed by atoms with Crippen LogP contribution in [0.1, 0.15) is 22.7 Å². The zero-order valence-corrected chi connectivity index (χ0v) is 17.1. The number of rotatable bonds is 2. The summed E-state index contributed by atoms with van der Waals surface area (Å²) in [5.41, 5.74) is -0.344. The molecule has 3 aromatic rings. The van der Waals surface area contributed by atoms with Gasteiger partial charge in [0.2, 0.25) is 0 Å². The quantitative estimate of drug-likeness (QED) is 0.490. The van der Waals surface area contributed by atoms with E-state index in [-0.39, 0.29) is 21.9 Å². The van der Waals surface area contributed by atoms with E-state index < -0.39 is 29.5 Å². The number of aliphatic imine (C=N–C) groups is 1. The Hall–Kier alpha value is -3.69. The van der Waals surface area contributed by atoms with Crippen molar-refractivity contribution in [2.75, 3.05) is 0 Å². The number of allylic oxidation sites excluding steroid dienone is 1. The van der Waals surface area contributed by atoms with E-state index in [1.807, 2.05) is 6.07 Å². The number of hydrogen-bond donors (Lipinski definition) is 1. The van der Waals surface area contributed by atoms with Crippen LogP contribution < -0.4 is 0 Å². The lowest BCUT2D eigenvalue weighted by Crippen LogP contribution is -2.36. The first kappa shape index (κ1) is 21.5. The second-order valence-corrected chi connectivity index (χ2v) is 7.61. The molecule has 4 rings (SSSR count). The van der Waals surface area contributed by atoms with Gasteiger partial charge in [0.25, 0.3) is 0 Å². The van der Waals surface area contributed by atoms with E-state index in [4.69, 9.17) is 11.6 Å². The number of nitrogens with zero attached hydrogens (tertiary/aromatic N) is 4. The van der Waals surface area contributed by atoms with E-state index in [1.54, 1.807) is 25.1 Å². The molecular formula is C22H12ClF4N5. The molecule has 2 aromatic carbocycles. The van der Waals surface area contributed by atoms with Crippen LogP contribution in [-0.2, 0) is 0 Å². The monoisotopic (exact) mass is 457 g/mol. The molecule has 0 bridgehead atoms. The van der Waals surface area contributed by atoms with Crippen LogP contribution in [0, 0.1) is 41.3 Å². The third-order valence-corrected chi connectivity index (χ3v) is 5.60. The van der Waals surface area contributed by atoms with Crippen LogP contribution in [0.2, 0.25) is 5.02 Å². The molecule has 10 heteroatoms. The van der Waals surface area contributed by atoms with Gasteiger partial charge in [-0.15, -0.1) is 0 Å². The highest BCUT2D eigenvalue weighted by atomic mass is 35.5. The van der Waals surface area contributed by atoms with E-state index in [0.717, 1.165) is 6.07 Å². The summed E-state index contributed by atoms with van der Waals surface area (Å²) in [5.74, 6) is -3.91. The van der Waals surface area contributed by atoms with Gasteiger partial charge in [-0.2, -0.15) is 28.8 Å². The SMILES string of the molecule is Cc1[nH]nc2ccc(C3C(C#N)=C(c4ccc(Cl)c(F)c4)N=C(C(F)(F)F)C3C#N)cc12. The van der Waals surface area contributed by atoms with Gasteiger partial charge in [0.15, 0.2) is 0 Å². The second-order valence-electron chi connectivity index (χ2n) is 7.21. The van der Waals surface area contributed by atoms with Gasteiger partial charge < -0.3 is 0 Å². The molecule has 1 aliphatic rings. The lowest BCUT2D eigenvalue weighted by Gasteiger charge is -2.30. The summed E-state index contributed by atoms with van der Waals surface area (Å²) in [6.07, 6.45) is -4.94. The second kappa shape index (κ2) is 7.77. The van der Waals surface area contributed by atoms with Crippen molar-refractivity contribution in [1.82, 2.24) is 10.2 Å². The number of fused-ring (bicyclic) bond motifs is 1. The van der Waals surface area contributed by atoms with Crippen LogP contribution in [0.3, 0.4) is 0 Å². The average molecular weight is 458 g/mol. The Morgan fingerprint density at radius 2 is 1.88 bits per heavy atom. The third-order valence-electron chi connectivity index (χ3n) is 5.30. The van der Waals surface area contributed by atoms with E-state index >= 15 is 0 Å². The highest BCUT2D eigenvalue weighted by Crippen LogP contribution is 2.45. The number of aryl methyl sites for hydroxylation is 1. The molecule has 0 amide bonds. The van der Waals surface area contributed by atoms with Crippen LogP contribution in [0.15, 0.2) is 47.0 Å². The van der Waals surface area contributed by atoms with Crippen LogP contribution in [0.5, 0.6) is 0 Å². The number of halogens is 5. The molecule has 0 saturated carbocycles. The number of aromatic amines is 1. The van der Waals surface area contributed by atoms with Gasteiger partial charge in [0.05, 0.1) is 33.9 Å². The topological polar surface area (TPSA) is 88.6 Å². The number of alkyl halides is 3. The van der Waals surface area contributed by atoms with Gasteiger partial charge in [-0.05, 0) is 36.8 Å². The summed E-state index contributed by atoms with van der Waals surface area (Å²) in [7, 11) is 0. The smallest absolute Gasteiger partial charge is 0.282 e. The van der Waals surface area contributed by atoms with E-state index in [2.05, 4.69) is 15.2 Å². The summed E-state index contributed by atoms with van der Waals surface area (Å²) >= 11 is 5.70. The van der Waals surface area contributed by atoms with Crippen molar-refractivity contribution in [2.45, 2.75) is 19.0 Å². The molecule has 2 unspecified atom stereocenters. The number of nitriles is 2. The molecule has 1 aromatic heterocycles. The van der Waals surface area contributed by atoms with E-state index in [1.165, 1.54) is 18.2 Å². The molecule has 2 atom stereocenters. The number of nitrogens with one attached hydrogen (secondary N) is 1. The third kappa shape index (κ3) is 3.51. The largest absolute Gasteiger partial charge is 0.430 e. The fourth-order valence-electron chi connectivity index (χ4n) is 3.79. The summed E-state index contributed by atoms with van der Waals surface area (Å²) < 4.78 is 55.8. The first-order valence-corrected chi connectivity index (χ1v) is 9.63. The maximum absolute atomic E-state index is 14.1. The summed E-state index contributed by atoms with van der Waals surface area (Å²) in [6, 6.07) is 11.7. The molecule has 2 heterocycles. The zero-order valence-electron chi connectivity index (χ0n) is 16.3. The molecule has 0 spiro atoms. The minimum absolute atomic E-state index is 0.0489. The molecule has 0 saturated heterocycles. The molecule has 1 N–H and O–H groups in total. The van der Waals surface area contributed by atoms with Gasteiger partial charge in [-0.25, -0.2) is 9.38 Å². The van der Waals surface area contributed by atoms with Crippen molar-refractivity contribution < 1.29 is 17.6 Å². The minimum atomic E-state index is -4.94. The predicted molar refractivity (Wildman–Crippen MR) is 110 cm³/mol. The van der Waals surface area contributed by atoms with Crippen molar-refractivity contribution in [3.8, 4) is 12.1 Å². The average Bonchev–Trinajstić information content (AvgIpc) is 3.13. The van der Waals surface area contributed by atoms with E-state index in [9.17, 15) is 28.1 Å². The highest BCUT2D eigenvalue weighted by Gasteiger charge is 2.48. The van der Waals surface area contributed by atoms with Gasteiger partial charge >= 0.3 is 6.18 Å². The summed E-state index contributed by atoms with van der Waals surface area (Å²) in [4.78, 5) is 3.64. The summed E-state index contributed by atoms with van der Waals surface area (Å²) in [6.45, 7) is 1.74. The maximum Gasteiger partial charge on any atom is 0.430 e. The Morgan fingerprint density at radius 3 is 2.50 bits per heavy atom. The van der Waals surface area contributed by atoms with Gasteiger partial charge in [-0.1, -0.05) is 23.7 Å². The van der Waals surface area contributed by atoms with Crippen molar-refractivity contribution in [3.05, 3.63) is 69.6 Å². The Labute approximate surface area is 184 Å². The minimum Gasteiger partial charge on any atom is -0.282 e. The fourth-order valence-corrected chi connectivity index (χ4v) is 3.91. The normalized spacial score (nSPS) is 18.9. The number of benzene rings is 2. The van der Waals surface area contributed by atoms with Crippen LogP contribution in [0.4, 0.5) is 17.6 Å². The zero-order chi connectivity index (χ0) is 23.2. The summed E-state index contributed by atoms with van der Waals surface area (Å²) in [5, 5.41) is 26.9. The Kier molecular flexibility index (Phi) is 5.23. The number of H-pyrrole nitrogens is 1. The molecule has 160 valence electrons. The molecule has 0 fully saturated rings. The van der Waals surface area contributed by atoms with Gasteiger partial charge in [-0.3, -0.25) is 5.10 Å². The Bertz CT molecular complexity index is 1390. The number of hydrogen-bond acceptors (Lipinski definition) is 4. The first-order valence-electron chi connectivity index (χ1n) is 9.25. The lowest BCUT2D eigenvalue weighted by molar-refractivity contribution is -0.0622. The van der Waals surface area contributed by atoms with Crippen molar-refractivity contribution in [3.63, 3.8) is 0 Å². The van der Waals surface area contributed by atoms with Crippen molar-refractivity contribution in [2.24, 2.45) is 10.9 Å². The van der Waals surface area contributed by atoms with Crippen LogP contribution in [-0.4, -0.2) is 22.1 Å². The molecule has 5 nitrogen and oxygen atoms in total. The maximum atomic E-state index is 14.1. The lowest BCUT2D eigenvalue weighted by atomic mass is 9.75. The van der Waals surface area contributed by atoms with Gasteiger partial charge in [0, 0.05) is 22.6 Å². The standard InChI is InChI=1S/C22H12ClF4N5/c1-10-13-6-11(3-5-18(13)32-31-10)19-14(8-28)20(12-2-4-16(23)17(24)7-12)30-21(15(19)9-29)22(25,26)27/h2-7,15,19H,1H3,(H,31,32). The first-order chi connectivity index (χ1) is 15.2. The van der Waals surface area contributed by atoms with Crippen molar-refractivity contribution >= 4 is 33.9 Å². The fraction of sp³-hybridized carbons (Fsp3) is 0.182. The Balaban J connectivity index is 2.03. The molecular weight excluding hydrogens is 446 g/mol. The molecule has 1 aliphatic heterocycles. The predicted octanol–water partition coefficient (Wildman–Crippen LogP) is 5.84. The van der Waals surface area contributed by atoms with Crippen LogP contribution in [0.25, 0.3) is 16.6 Å². The molecule has 0 radical (unpaired) electrons. The Morgan fingerprint density at radius 1 is 1.12 bits per heavy atom. The molecule has 0 aliphatic carbocycles. The van der Waals surface area contributed by atoms with Gasteiger partial charge in [0.1, 0.15) is 17.4 Å². The highest BCUT2D eigenvalue weighted by molar-refractivity contribution is 6.30. The number of aromatic nitrogens is 2.